The summed E-state index contributed by atoms with van der Waals surface area (Å²) in [7, 11) is 0. The van der Waals surface area contributed by atoms with Gasteiger partial charge in [-0.05, 0) is 93.0 Å². The average Bonchev–Trinajstić information content (AvgIpc) is 2.97. The van der Waals surface area contributed by atoms with Crippen LogP contribution in [0.15, 0.2) is 22.8 Å². The van der Waals surface area contributed by atoms with E-state index >= 15 is 0 Å². The van der Waals surface area contributed by atoms with Crippen LogP contribution >= 0.6 is 0 Å². The van der Waals surface area contributed by atoms with Crippen molar-refractivity contribution in [1.29, 1.82) is 0 Å². The summed E-state index contributed by atoms with van der Waals surface area (Å²) in [5, 5.41) is 19.1. The second-order valence-corrected chi connectivity index (χ2v) is 9.45. The van der Waals surface area contributed by atoms with Crippen LogP contribution in [0, 0.1) is 29.1 Å². The predicted octanol–water partition coefficient (Wildman–Crippen LogP) is 4.86. The minimum atomic E-state index is -3.09. The zero-order valence-corrected chi connectivity index (χ0v) is 16.0. The van der Waals surface area contributed by atoms with Gasteiger partial charge in [0.25, 0.3) is 5.92 Å². The average molecular weight is 366 g/mol. The lowest BCUT2D eigenvalue weighted by atomic mass is 9.52. The summed E-state index contributed by atoms with van der Waals surface area (Å²) in [6, 6.07) is 0. The van der Waals surface area contributed by atoms with Crippen molar-refractivity contribution in [2.45, 2.75) is 77.2 Å². The third-order valence-corrected chi connectivity index (χ3v) is 8.40. The Balaban J connectivity index is 1.64. The van der Waals surface area contributed by atoms with E-state index in [2.05, 4.69) is 13.0 Å². The van der Waals surface area contributed by atoms with E-state index in [4.69, 9.17) is 5.11 Å². The van der Waals surface area contributed by atoms with Gasteiger partial charge in [-0.3, -0.25) is 0 Å². The van der Waals surface area contributed by atoms with E-state index in [1.54, 1.807) is 0 Å². The Morgan fingerprint density at radius 2 is 2.00 bits per heavy atom. The van der Waals surface area contributed by atoms with E-state index in [9.17, 15) is 13.9 Å². The Morgan fingerprint density at radius 3 is 2.73 bits per heavy atom. The maximum absolute atomic E-state index is 14.2. The molecule has 3 saturated carbocycles. The summed E-state index contributed by atoms with van der Waals surface area (Å²) in [5.41, 5.74) is 2.37. The van der Waals surface area contributed by atoms with E-state index < -0.39 is 12.5 Å². The molecule has 26 heavy (non-hydrogen) atoms. The third-order valence-electron chi connectivity index (χ3n) is 8.40. The Morgan fingerprint density at radius 1 is 1.23 bits per heavy atom. The standard InChI is InChI=1S/C22H32F2O2/c1-13(22(23,24)12-25)19-7-8-20-18-5-3-14-11-15(26)4-6-16(14)17(18)9-10-21(19,20)2/h3,15-18,20,25-26H,4-12H2,1-2H3/b19-13+/t15-,16-,17?,18?,20?,21+/m0/s1. The van der Waals surface area contributed by atoms with Crippen LogP contribution < -0.4 is 0 Å². The maximum atomic E-state index is 14.2. The first-order chi connectivity index (χ1) is 12.3. The maximum Gasteiger partial charge on any atom is 0.291 e. The lowest BCUT2D eigenvalue weighted by Crippen LogP contribution is -2.45. The molecule has 146 valence electrons. The molecule has 0 aromatic carbocycles. The van der Waals surface area contributed by atoms with Gasteiger partial charge in [0, 0.05) is 0 Å². The van der Waals surface area contributed by atoms with Crippen LogP contribution in [0.4, 0.5) is 8.78 Å². The molecule has 4 aliphatic rings. The molecular weight excluding hydrogens is 334 g/mol. The van der Waals surface area contributed by atoms with Gasteiger partial charge in [-0.25, -0.2) is 0 Å². The van der Waals surface area contributed by atoms with Crippen molar-refractivity contribution in [3.8, 4) is 0 Å². The highest BCUT2D eigenvalue weighted by atomic mass is 19.3. The molecule has 0 amide bonds. The number of fused-ring (bicyclic) bond motifs is 5. The van der Waals surface area contributed by atoms with Gasteiger partial charge < -0.3 is 10.2 Å². The molecule has 0 radical (unpaired) electrons. The third kappa shape index (κ3) is 2.71. The summed E-state index contributed by atoms with van der Waals surface area (Å²) < 4.78 is 28.4. The Kier molecular flexibility index (Phi) is 4.59. The molecule has 0 aromatic rings. The van der Waals surface area contributed by atoms with Crippen LogP contribution in [0.25, 0.3) is 0 Å². The van der Waals surface area contributed by atoms with E-state index in [1.807, 2.05) is 0 Å². The van der Waals surface area contributed by atoms with Gasteiger partial charge >= 0.3 is 0 Å². The SMILES string of the molecule is C/C(=C1/CCC2C3CC=C4C[C@@H](O)CC[C@@H]4C3CC[C@]12C)C(F)(F)CO. The van der Waals surface area contributed by atoms with Crippen LogP contribution in [0.3, 0.4) is 0 Å². The molecule has 0 saturated heterocycles. The molecule has 0 aliphatic heterocycles. The van der Waals surface area contributed by atoms with Gasteiger partial charge in [-0.1, -0.05) is 24.1 Å². The number of hydrogen-bond donors (Lipinski definition) is 2. The van der Waals surface area contributed by atoms with Crippen LogP contribution in [0.2, 0.25) is 0 Å². The summed E-state index contributed by atoms with van der Waals surface area (Å²) in [5.74, 6) is -0.757. The van der Waals surface area contributed by atoms with Crippen LogP contribution in [0.5, 0.6) is 0 Å². The molecule has 2 nitrogen and oxygen atoms in total. The highest BCUT2D eigenvalue weighted by Crippen LogP contribution is 2.64. The Hall–Kier alpha value is -0.740. The first kappa shape index (κ1) is 18.6. The fraction of sp³-hybridized carbons (Fsp3) is 0.818. The van der Waals surface area contributed by atoms with E-state index in [1.165, 1.54) is 12.5 Å². The zero-order chi connectivity index (χ0) is 18.7. The fourth-order valence-electron chi connectivity index (χ4n) is 7.02. The molecule has 4 rings (SSSR count). The number of aliphatic hydroxyl groups is 2. The minimum Gasteiger partial charge on any atom is -0.393 e. The van der Waals surface area contributed by atoms with Crippen molar-refractivity contribution in [2.75, 3.05) is 6.61 Å². The first-order valence-electron chi connectivity index (χ1n) is 10.3. The topological polar surface area (TPSA) is 40.5 Å². The van der Waals surface area contributed by atoms with Crippen molar-refractivity contribution < 1.29 is 19.0 Å². The number of aliphatic hydroxyl groups excluding tert-OH is 2. The second kappa shape index (κ2) is 6.41. The van der Waals surface area contributed by atoms with Crippen molar-refractivity contribution in [2.24, 2.45) is 29.1 Å². The molecular formula is C22H32F2O2. The van der Waals surface area contributed by atoms with Crippen molar-refractivity contribution >= 4 is 0 Å². The molecule has 3 unspecified atom stereocenters. The number of hydrogen-bond acceptors (Lipinski definition) is 2. The molecule has 0 spiro atoms. The number of allylic oxidation sites excluding steroid dienone is 2. The molecule has 0 heterocycles. The molecule has 4 aliphatic carbocycles. The lowest BCUT2D eigenvalue weighted by Gasteiger charge is -2.53. The van der Waals surface area contributed by atoms with Gasteiger partial charge in [0.1, 0.15) is 6.61 Å². The highest BCUT2D eigenvalue weighted by Gasteiger charge is 2.55. The Labute approximate surface area is 155 Å². The summed E-state index contributed by atoms with van der Waals surface area (Å²) in [6.07, 6.45) is 9.92. The molecule has 0 bridgehead atoms. The van der Waals surface area contributed by atoms with Crippen molar-refractivity contribution in [3.63, 3.8) is 0 Å². The number of halogens is 2. The highest BCUT2D eigenvalue weighted by molar-refractivity contribution is 5.32. The predicted molar refractivity (Wildman–Crippen MR) is 97.8 cm³/mol. The Bertz CT molecular complexity index is 638. The monoisotopic (exact) mass is 366 g/mol. The van der Waals surface area contributed by atoms with Crippen LogP contribution in [-0.4, -0.2) is 28.8 Å². The molecule has 2 N–H and O–H groups in total. The van der Waals surface area contributed by atoms with E-state index in [0.29, 0.717) is 23.7 Å². The van der Waals surface area contributed by atoms with E-state index in [0.717, 1.165) is 56.9 Å². The first-order valence-corrected chi connectivity index (χ1v) is 10.3. The quantitative estimate of drug-likeness (QED) is 0.685. The fourth-order valence-corrected chi connectivity index (χ4v) is 7.02. The largest absolute Gasteiger partial charge is 0.393 e. The number of alkyl halides is 2. The normalized spacial score (nSPS) is 44.7. The summed E-state index contributed by atoms with van der Waals surface area (Å²) in [6.45, 7) is 2.65. The summed E-state index contributed by atoms with van der Waals surface area (Å²) >= 11 is 0. The second-order valence-electron chi connectivity index (χ2n) is 9.45. The molecule has 0 aromatic heterocycles. The minimum absolute atomic E-state index is 0.122. The number of rotatable bonds is 2. The van der Waals surface area contributed by atoms with Gasteiger partial charge in [0.2, 0.25) is 0 Å². The van der Waals surface area contributed by atoms with Crippen LogP contribution in [0.1, 0.15) is 65.2 Å². The van der Waals surface area contributed by atoms with Crippen LogP contribution in [-0.2, 0) is 0 Å². The smallest absolute Gasteiger partial charge is 0.291 e. The van der Waals surface area contributed by atoms with E-state index in [-0.39, 0.29) is 17.1 Å². The van der Waals surface area contributed by atoms with Gasteiger partial charge in [-0.15, -0.1) is 0 Å². The lowest BCUT2D eigenvalue weighted by molar-refractivity contribution is -0.0207. The molecule has 6 atom stereocenters. The van der Waals surface area contributed by atoms with Gasteiger partial charge in [-0.2, -0.15) is 8.78 Å². The molecule has 3 fully saturated rings. The van der Waals surface area contributed by atoms with Gasteiger partial charge in [0.15, 0.2) is 0 Å². The van der Waals surface area contributed by atoms with Crippen molar-refractivity contribution in [3.05, 3.63) is 22.8 Å². The van der Waals surface area contributed by atoms with Crippen molar-refractivity contribution in [1.82, 2.24) is 0 Å². The van der Waals surface area contributed by atoms with Gasteiger partial charge in [0.05, 0.1) is 6.10 Å². The summed E-state index contributed by atoms with van der Waals surface area (Å²) in [4.78, 5) is 0. The zero-order valence-electron chi connectivity index (χ0n) is 16.0. The molecule has 4 heteroatoms.